The van der Waals surface area contributed by atoms with Crippen molar-refractivity contribution in [3.05, 3.63) is 29.2 Å². The van der Waals surface area contributed by atoms with Crippen LogP contribution in [0, 0.1) is 6.92 Å². The van der Waals surface area contributed by atoms with Crippen LogP contribution in [-0.4, -0.2) is 41.0 Å². The number of alkyl halides is 1. The number of rotatable bonds is 5. The van der Waals surface area contributed by atoms with Crippen LogP contribution in [0.25, 0.3) is 5.70 Å². The zero-order chi connectivity index (χ0) is 17.0. The average Bonchev–Trinajstić information content (AvgIpc) is 2.49. The minimum atomic E-state index is -0.785. The normalized spacial score (nSPS) is 22.5. The number of aliphatic hydroxyl groups excluding tert-OH is 1. The molecule has 1 aromatic rings. The molecule has 7 heteroatoms. The highest BCUT2D eigenvalue weighted by molar-refractivity contribution is 5.63. The largest absolute Gasteiger partial charge is 0.488 e. The first-order chi connectivity index (χ1) is 10.9. The number of likely N-dealkylation sites (N-methyl/N-ethyl adjacent to an activating group) is 1. The van der Waals surface area contributed by atoms with E-state index in [0.29, 0.717) is 41.4 Å². The molecule has 23 heavy (non-hydrogen) atoms. The fourth-order valence-corrected chi connectivity index (χ4v) is 2.73. The second kappa shape index (κ2) is 7.61. The molecule has 0 amide bonds. The third-order valence-corrected chi connectivity index (χ3v) is 4.06. The van der Waals surface area contributed by atoms with Gasteiger partial charge in [0.1, 0.15) is 18.0 Å². The van der Waals surface area contributed by atoms with E-state index >= 15 is 0 Å². The molecule has 1 heterocycles. The van der Waals surface area contributed by atoms with Crippen molar-refractivity contribution in [3.8, 4) is 5.75 Å². The maximum absolute atomic E-state index is 13.5. The quantitative estimate of drug-likeness (QED) is 0.560. The maximum Gasteiger partial charge on any atom is 0.140 e. The number of aryl methyl sites for hydroxylation is 1. The molecule has 0 spiro atoms. The first-order valence-electron chi connectivity index (χ1n) is 7.79. The molecular weight excluding hydrogens is 299 g/mol. The Bertz CT molecular complexity index is 577. The highest BCUT2D eigenvalue weighted by Crippen LogP contribution is 2.27. The van der Waals surface area contributed by atoms with E-state index in [9.17, 15) is 9.50 Å². The molecule has 1 fully saturated rings. The lowest BCUT2D eigenvalue weighted by Crippen LogP contribution is -2.30. The van der Waals surface area contributed by atoms with Crippen LogP contribution in [0.3, 0.4) is 0 Å². The zero-order valence-corrected chi connectivity index (χ0v) is 13.6. The molecule has 2 rings (SSSR count). The van der Waals surface area contributed by atoms with Crippen LogP contribution in [-0.2, 0) is 0 Å². The summed E-state index contributed by atoms with van der Waals surface area (Å²) >= 11 is 0. The molecule has 0 aliphatic heterocycles. The molecule has 1 saturated carbocycles. The third-order valence-electron chi connectivity index (χ3n) is 4.06. The second-order valence-electron chi connectivity index (χ2n) is 5.91. The number of hydrogen-bond acceptors (Lipinski definition) is 6. The number of hydrazine groups is 1. The van der Waals surface area contributed by atoms with Crippen molar-refractivity contribution in [2.75, 3.05) is 13.7 Å². The Balaban J connectivity index is 2.17. The van der Waals surface area contributed by atoms with Crippen LogP contribution in [0.5, 0.6) is 5.75 Å². The first kappa shape index (κ1) is 17.5. The molecule has 1 unspecified atom stereocenters. The summed E-state index contributed by atoms with van der Waals surface area (Å²) in [4.78, 5) is 4.41. The van der Waals surface area contributed by atoms with Gasteiger partial charge in [-0.3, -0.25) is 0 Å². The second-order valence-corrected chi connectivity index (χ2v) is 5.91. The van der Waals surface area contributed by atoms with Gasteiger partial charge in [0, 0.05) is 13.5 Å². The van der Waals surface area contributed by atoms with E-state index in [-0.39, 0.29) is 12.7 Å². The molecule has 128 valence electrons. The number of nitrogens with two attached hydrogens (primary N) is 2. The van der Waals surface area contributed by atoms with Gasteiger partial charge in [0.25, 0.3) is 0 Å². The molecule has 0 bridgehead atoms. The van der Waals surface area contributed by atoms with Gasteiger partial charge in [-0.15, -0.1) is 0 Å². The Kier molecular flexibility index (Phi) is 5.79. The van der Waals surface area contributed by atoms with E-state index in [0.717, 1.165) is 12.8 Å². The van der Waals surface area contributed by atoms with Crippen LogP contribution in [0.1, 0.15) is 37.1 Å². The van der Waals surface area contributed by atoms with Crippen LogP contribution < -0.4 is 16.3 Å². The monoisotopic (exact) mass is 324 g/mol. The van der Waals surface area contributed by atoms with E-state index in [1.54, 1.807) is 19.2 Å². The summed E-state index contributed by atoms with van der Waals surface area (Å²) in [7, 11) is 1.60. The number of ether oxygens (including phenoxy) is 1. The van der Waals surface area contributed by atoms with Gasteiger partial charge in [0.05, 0.1) is 29.4 Å². The molecule has 0 saturated heterocycles. The predicted molar refractivity (Wildman–Crippen MR) is 86.9 cm³/mol. The smallest absolute Gasteiger partial charge is 0.140 e. The van der Waals surface area contributed by atoms with Gasteiger partial charge in [-0.05, 0) is 38.3 Å². The van der Waals surface area contributed by atoms with Crippen LogP contribution in [0.2, 0.25) is 0 Å². The summed E-state index contributed by atoms with van der Waals surface area (Å²) < 4.78 is 19.3. The molecule has 1 aliphatic rings. The van der Waals surface area contributed by atoms with E-state index in [4.69, 9.17) is 16.3 Å². The number of aliphatic hydroxyl groups is 1. The van der Waals surface area contributed by atoms with Crippen LogP contribution in [0.4, 0.5) is 4.39 Å². The third kappa shape index (κ3) is 4.33. The minimum absolute atomic E-state index is 0.110. The standard InChI is InChI=1S/C16H25FN4O2/c1-10-15(23-12-5-3-4-11(17)8-12)7-6-13(20-10)16(18)14(9-22)21(2)19/h6-7,11-12,22H,3-5,8-9,18-19H2,1-2H3/b16-14-/t11-,12?/m1/s1. The van der Waals surface area contributed by atoms with Crippen molar-refractivity contribution >= 4 is 5.70 Å². The molecule has 5 N–H and O–H groups in total. The molecule has 0 radical (unpaired) electrons. The van der Waals surface area contributed by atoms with E-state index in [1.165, 1.54) is 5.01 Å². The van der Waals surface area contributed by atoms with Gasteiger partial charge < -0.3 is 20.6 Å². The van der Waals surface area contributed by atoms with E-state index in [2.05, 4.69) is 4.98 Å². The highest BCUT2D eigenvalue weighted by atomic mass is 19.1. The van der Waals surface area contributed by atoms with E-state index < -0.39 is 6.17 Å². The SMILES string of the molecule is Cc1nc(/C(N)=C(\CO)N(C)N)ccc1OC1CCC[C@@H](F)C1. The molecule has 2 atom stereocenters. The molecular formula is C16H25FN4O2. The van der Waals surface area contributed by atoms with Gasteiger partial charge in [-0.25, -0.2) is 15.2 Å². The Hall–Kier alpha value is -1.86. The van der Waals surface area contributed by atoms with E-state index in [1.807, 2.05) is 6.92 Å². The Morgan fingerprint density at radius 3 is 2.78 bits per heavy atom. The van der Waals surface area contributed by atoms with Gasteiger partial charge in [0.15, 0.2) is 0 Å². The van der Waals surface area contributed by atoms with Gasteiger partial charge in [0.2, 0.25) is 0 Å². The van der Waals surface area contributed by atoms with Crippen molar-refractivity contribution in [2.45, 2.75) is 44.9 Å². The van der Waals surface area contributed by atoms with Crippen molar-refractivity contribution in [3.63, 3.8) is 0 Å². The Morgan fingerprint density at radius 2 is 2.22 bits per heavy atom. The minimum Gasteiger partial charge on any atom is -0.488 e. The average molecular weight is 324 g/mol. The lowest BCUT2D eigenvalue weighted by Gasteiger charge is -2.26. The van der Waals surface area contributed by atoms with Crippen molar-refractivity contribution in [2.24, 2.45) is 11.6 Å². The zero-order valence-electron chi connectivity index (χ0n) is 13.6. The first-order valence-corrected chi connectivity index (χ1v) is 7.79. The summed E-state index contributed by atoms with van der Waals surface area (Å²) in [6.45, 7) is 1.53. The topological polar surface area (TPSA) is 97.6 Å². The molecule has 1 aliphatic carbocycles. The van der Waals surface area contributed by atoms with Crippen LogP contribution in [0.15, 0.2) is 17.8 Å². The molecule has 0 aromatic carbocycles. The summed E-state index contributed by atoms with van der Waals surface area (Å²) in [5.41, 5.74) is 7.90. The Labute approximate surface area is 135 Å². The predicted octanol–water partition coefficient (Wildman–Crippen LogP) is 1.47. The fourth-order valence-electron chi connectivity index (χ4n) is 2.73. The fraction of sp³-hybridized carbons (Fsp3) is 0.562. The summed E-state index contributed by atoms with van der Waals surface area (Å²) in [5.74, 6) is 6.27. The van der Waals surface area contributed by atoms with Crippen molar-refractivity contribution < 1.29 is 14.2 Å². The van der Waals surface area contributed by atoms with Gasteiger partial charge >= 0.3 is 0 Å². The highest BCUT2D eigenvalue weighted by Gasteiger charge is 2.23. The van der Waals surface area contributed by atoms with Crippen LogP contribution >= 0.6 is 0 Å². The summed E-state index contributed by atoms with van der Waals surface area (Å²) in [6, 6.07) is 3.49. The number of nitrogens with zero attached hydrogens (tertiary/aromatic N) is 2. The summed E-state index contributed by atoms with van der Waals surface area (Å²) in [5, 5.41) is 10.6. The van der Waals surface area contributed by atoms with Crippen molar-refractivity contribution in [1.29, 1.82) is 0 Å². The van der Waals surface area contributed by atoms with Gasteiger partial charge in [-0.1, -0.05) is 0 Å². The molecule has 6 nitrogen and oxygen atoms in total. The van der Waals surface area contributed by atoms with Gasteiger partial charge in [-0.2, -0.15) is 0 Å². The lowest BCUT2D eigenvalue weighted by atomic mass is 9.96. The number of pyridine rings is 1. The number of halogens is 1. The maximum atomic E-state index is 13.5. The lowest BCUT2D eigenvalue weighted by molar-refractivity contribution is 0.102. The number of hydrogen-bond donors (Lipinski definition) is 3. The Morgan fingerprint density at radius 1 is 1.48 bits per heavy atom. The summed E-state index contributed by atoms with van der Waals surface area (Å²) in [6.07, 6.45) is 1.85. The number of aromatic nitrogens is 1. The van der Waals surface area contributed by atoms with Crippen molar-refractivity contribution in [1.82, 2.24) is 9.99 Å². The molecule has 1 aromatic heterocycles.